The summed E-state index contributed by atoms with van der Waals surface area (Å²) in [6.07, 6.45) is 2.05. The van der Waals surface area contributed by atoms with Crippen LogP contribution in [0.4, 0.5) is 5.00 Å². The molecule has 0 unspecified atom stereocenters. The van der Waals surface area contributed by atoms with Gasteiger partial charge in [0.15, 0.2) is 6.61 Å². The molecule has 1 fully saturated rings. The molecule has 0 spiro atoms. The van der Waals surface area contributed by atoms with Gasteiger partial charge < -0.3 is 19.2 Å². The van der Waals surface area contributed by atoms with Crippen LogP contribution < -0.4 is 5.32 Å². The van der Waals surface area contributed by atoms with Crippen LogP contribution in [0.5, 0.6) is 0 Å². The van der Waals surface area contributed by atoms with E-state index in [4.69, 9.17) is 13.9 Å². The highest BCUT2D eigenvalue weighted by molar-refractivity contribution is 7.15. The van der Waals surface area contributed by atoms with Crippen LogP contribution in [0.1, 0.15) is 57.9 Å². The number of carbonyl (C=O) groups is 3. The van der Waals surface area contributed by atoms with Crippen molar-refractivity contribution in [3.8, 4) is 0 Å². The third-order valence-corrected chi connectivity index (χ3v) is 4.76. The van der Waals surface area contributed by atoms with Crippen molar-refractivity contribution in [1.82, 2.24) is 0 Å². The molecule has 8 heteroatoms. The van der Waals surface area contributed by atoms with Gasteiger partial charge in [0.05, 0.1) is 12.2 Å². The standard InChI is InChI=1S/C18H19NO6S/c1-3-23-18(22)15-12(11-5-6-11)9-26-16(15)19-14(20)8-24-17(21)13-7-4-10(2)25-13/h4,7,9,11H,3,5-6,8H2,1-2H3,(H,19,20). The van der Waals surface area contributed by atoms with Crippen molar-refractivity contribution in [3.63, 3.8) is 0 Å². The molecular weight excluding hydrogens is 358 g/mol. The third-order valence-electron chi connectivity index (χ3n) is 3.85. The van der Waals surface area contributed by atoms with Gasteiger partial charge in [0, 0.05) is 0 Å². The summed E-state index contributed by atoms with van der Waals surface area (Å²) in [4.78, 5) is 36.2. The number of esters is 2. The Morgan fingerprint density at radius 3 is 2.62 bits per heavy atom. The van der Waals surface area contributed by atoms with E-state index in [0.29, 0.717) is 22.2 Å². The number of aryl methyl sites for hydroxylation is 1. The normalized spacial score (nSPS) is 13.3. The number of hydrogen-bond donors (Lipinski definition) is 1. The van der Waals surface area contributed by atoms with Crippen LogP contribution in [0.25, 0.3) is 0 Å². The van der Waals surface area contributed by atoms with Crippen molar-refractivity contribution < 1.29 is 28.3 Å². The van der Waals surface area contributed by atoms with E-state index >= 15 is 0 Å². The Kier molecular flexibility index (Phi) is 5.41. The van der Waals surface area contributed by atoms with Gasteiger partial charge in [0.2, 0.25) is 5.76 Å². The van der Waals surface area contributed by atoms with E-state index in [1.54, 1.807) is 19.9 Å². The van der Waals surface area contributed by atoms with Gasteiger partial charge in [0.1, 0.15) is 10.8 Å². The molecule has 1 amide bonds. The number of thiophene rings is 1. The molecule has 3 rings (SSSR count). The fourth-order valence-electron chi connectivity index (χ4n) is 2.48. The molecule has 1 aliphatic rings. The summed E-state index contributed by atoms with van der Waals surface area (Å²) < 4.78 is 15.2. The van der Waals surface area contributed by atoms with E-state index in [-0.39, 0.29) is 12.4 Å². The van der Waals surface area contributed by atoms with Gasteiger partial charge in [-0.15, -0.1) is 11.3 Å². The summed E-state index contributed by atoms with van der Waals surface area (Å²) >= 11 is 1.27. The van der Waals surface area contributed by atoms with Gasteiger partial charge >= 0.3 is 11.9 Å². The molecule has 0 radical (unpaired) electrons. The molecule has 0 aliphatic heterocycles. The van der Waals surface area contributed by atoms with Crippen molar-refractivity contribution in [3.05, 3.63) is 40.2 Å². The minimum Gasteiger partial charge on any atom is -0.462 e. The maximum absolute atomic E-state index is 12.2. The molecule has 138 valence electrons. The Hall–Kier alpha value is -2.61. The van der Waals surface area contributed by atoms with E-state index in [1.807, 2.05) is 5.38 Å². The molecule has 0 aromatic carbocycles. The highest BCUT2D eigenvalue weighted by Gasteiger charge is 2.32. The molecule has 0 bridgehead atoms. The molecule has 1 N–H and O–H groups in total. The second-order valence-corrected chi connectivity index (χ2v) is 6.80. The summed E-state index contributed by atoms with van der Waals surface area (Å²) in [5, 5.41) is 4.92. The number of ether oxygens (including phenoxy) is 2. The Labute approximate surface area is 154 Å². The van der Waals surface area contributed by atoms with E-state index in [2.05, 4.69) is 5.32 Å². The summed E-state index contributed by atoms with van der Waals surface area (Å²) in [5.41, 5.74) is 1.31. The Bertz CT molecular complexity index is 833. The van der Waals surface area contributed by atoms with E-state index in [0.717, 1.165) is 18.4 Å². The third kappa shape index (κ3) is 4.13. The van der Waals surface area contributed by atoms with Crippen LogP contribution in [0, 0.1) is 6.92 Å². The van der Waals surface area contributed by atoms with Gasteiger partial charge in [-0.05, 0) is 55.7 Å². The molecule has 0 saturated heterocycles. The summed E-state index contributed by atoms with van der Waals surface area (Å²) in [7, 11) is 0. The van der Waals surface area contributed by atoms with Crippen LogP contribution in [0.2, 0.25) is 0 Å². The highest BCUT2D eigenvalue weighted by atomic mass is 32.1. The zero-order valence-electron chi connectivity index (χ0n) is 14.5. The lowest BCUT2D eigenvalue weighted by Crippen LogP contribution is -2.21. The molecule has 26 heavy (non-hydrogen) atoms. The second kappa shape index (κ2) is 7.74. The van der Waals surface area contributed by atoms with Gasteiger partial charge in [-0.25, -0.2) is 9.59 Å². The molecular formula is C18H19NO6S. The Balaban J connectivity index is 1.63. The molecule has 1 aliphatic carbocycles. The van der Waals surface area contributed by atoms with Crippen molar-refractivity contribution in [2.45, 2.75) is 32.6 Å². The van der Waals surface area contributed by atoms with Crippen molar-refractivity contribution >= 4 is 34.2 Å². The van der Waals surface area contributed by atoms with Crippen molar-refractivity contribution in [2.75, 3.05) is 18.5 Å². The Morgan fingerprint density at radius 2 is 2.00 bits per heavy atom. The lowest BCUT2D eigenvalue weighted by Gasteiger charge is -2.08. The number of rotatable bonds is 7. The maximum Gasteiger partial charge on any atom is 0.374 e. The van der Waals surface area contributed by atoms with Crippen molar-refractivity contribution in [2.24, 2.45) is 0 Å². The summed E-state index contributed by atoms with van der Waals surface area (Å²) in [6, 6.07) is 3.11. The second-order valence-electron chi connectivity index (χ2n) is 5.92. The first-order valence-electron chi connectivity index (χ1n) is 8.31. The average molecular weight is 377 g/mol. The Morgan fingerprint density at radius 1 is 1.23 bits per heavy atom. The quantitative estimate of drug-likeness (QED) is 0.742. The van der Waals surface area contributed by atoms with E-state index in [1.165, 1.54) is 17.4 Å². The number of carbonyl (C=O) groups excluding carboxylic acids is 3. The molecule has 2 aromatic rings. The lowest BCUT2D eigenvalue weighted by molar-refractivity contribution is -0.119. The number of anilines is 1. The molecule has 7 nitrogen and oxygen atoms in total. The molecule has 2 aromatic heterocycles. The van der Waals surface area contributed by atoms with E-state index < -0.39 is 24.5 Å². The molecule has 2 heterocycles. The van der Waals surface area contributed by atoms with Crippen LogP contribution in [0.15, 0.2) is 21.9 Å². The zero-order valence-corrected chi connectivity index (χ0v) is 15.3. The fourth-order valence-corrected chi connectivity index (χ4v) is 3.53. The van der Waals surface area contributed by atoms with E-state index in [9.17, 15) is 14.4 Å². The van der Waals surface area contributed by atoms with Crippen LogP contribution in [0.3, 0.4) is 0 Å². The smallest absolute Gasteiger partial charge is 0.374 e. The van der Waals surface area contributed by atoms with Gasteiger partial charge in [0.25, 0.3) is 5.91 Å². The van der Waals surface area contributed by atoms with Gasteiger partial charge in [-0.3, -0.25) is 4.79 Å². The van der Waals surface area contributed by atoms with Crippen LogP contribution in [-0.4, -0.2) is 31.1 Å². The molecule has 1 saturated carbocycles. The first-order valence-corrected chi connectivity index (χ1v) is 9.19. The minimum absolute atomic E-state index is 0.0367. The number of furan rings is 1. The number of amides is 1. The highest BCUT2D eigenvalue weighted by Crippen LogP contribution is 2.46. The first kappa shape index (κ1) is 18.2. The van der Waals surface area contributed by atoms with Gasteiger partial charge in [-0.2, -0.15) is 0 Å². The fraction of sp³-hybridized carbons (Fsp3) is 0.389. The predicted octanol–water partition coefficient (Wildman–Crippen LogP) is 3.50. The monoisotopic (exact) mass is 377 g/mol. The number of nitrogens with one attached hydrogen (secondary N) is 1. The van der Waals surface area contributed by atoms with Crippen LogP contribution in [-0.2, 0) is 14.3 Å². The first-order chi connectivity index (χ1) is 12.5. The van der Waals surface area contributed by atoms with Crippen molar-refractivity contribution in [1.29, 1.82) is 0 Å². The summed E-state index contributed by atoms with van der Waals surface area (Å²) in [6.45, 7) is 3.22. The zero-order chi connectivity index (χ0) is 18.7. The predicted molar refractivity (Wildman–Crippen MR) is 94.6 cm³/mol. The van der Waals surface area contributed by atoms with Gasteiger partial charge in [-0.1, -0.05) is 0 Å². The lowest BCUT2D eigenvalue weighted by atomic mass is 10.1. The SMILES string of the molecule is CCOC(=O)c1c(C2CC2)csc1NC(=O)COC(=O)c1ccc(C)o1. The minimum atomic E-state index is -0.719. The largest absolute Gasteiger partial charge is 0.462 e. The molecule has 0 atom stereocenters. The van der Waals surface area contributed by atoms with Crippen LogP contribution >= 0.6 is 11.3 Å². The average Bonchev–Trinajstić information content (AvgIpc) is 3.23. The maximum atomic E-state index is 12.2. The summed E-state index contributed by atoms with van der Waals surface area (Å²) in [5.74, 6) is -0.744. The topological polar surface area (TPSA) is 94.8 Å². The number of hydrogen-bond acceptors (Lipinski definition) is 7.